The van der Waals surface area contributed by atoms with Gasteiger partial charge >= 0.3 is 0 Å². The van der Waals surface area contributed by atoms with Crippen molar-refractivity contribution in [3.05, 3.63) is 60.2 Å². The van der Waals surface area contributed by atoms with Crippen molar-refractivity contribution in [2.24, 2.45) is 4.99 Å². The van der Waals surface area contributed by atoms with E-state index in [2.05, 4.69) is 16.9 Å². The Hall–Kier alpha value is -3.72. The second kappa shape index (κ2) is 12.1. The minimum Gasteiger partial charge on any atom is -0.496 e. The number of nitrogens with one attached hydrogen (secondary N) is 1. The number of carbonyl (C=O) groups is 1. The first-order valence-corrected chi connectivity index (χ1v) is 11.2. The Labute approximate surface area is 205 Å². The number of methoxy groups -OCH3 is 3. The number of aliphatic hydroxyl groups excluding tert-OH is 1. The van der Waals surface area contributed by atoms with Gasteiger partial charge in [0.05, 0.1) is 40.0 Å². The van der Waals surface area contributed by atoms with Crippen LogP contribution in [0.1, 0.15) is 24.0 Å². The fourth-order valence-electron chi connectivity index (χ4n) is 3.68. The minimum absolute atomic E-state index is 0.0776. The second-order valence-electron chi connectivity index (χ2n) is 7.87. The molecule has 1 atom stereocenters. The molecule has 35 heavy (non-hydrogen) atoms. The highest BCUT2D eigenvalue weighted by Gasteiger charge is 2.43. The predicted octanol–water partition coefficient (Wildman–Crippen LogP) is 2.88. The number of hydrogen-bond donors (Lipinski definition) is 2. The lowest BCUT2D eigenvalue weighted by atomic mass is 9.96. The van der Waals surface area contributed by atoms with Crippen LogP contribution in [0.2, 0.25) is 0 Å². The fraction of sp³-hybridized carbons (Fsp3) is 0.385. The van der Waals surface area contributed by atoms with Crippen LogP contribution in [0.3, 0.4) is 0 Å². The van der Waals surface area contributed by atoms with E-state index in [1.165, 1.54) is 0 Å². The molecule has 1 aliphatic heterocycles. The van der Waals surface area contributed by atoms with Crippen molar-refractivity contribution >= 4 is 11.8 Å². The number of aliphatic imine (C=N–C) groups is 1. The van der Waals surface area contributed by atoms with Crippen molar-refractivity contribution in [3.8, 4) is 23.0 Å². The van der Waals surface area contributed by atoms with Crippen LogP contribution in [-0.4, -0.2) is 63.6 Å². The summed E-state index contributed by atoms with van der Waals surface area (Å²) < 4.78 is 27.6. The average molecular weight is 485 g/mol. The summed E-state index contributed by atoms with van der Waals surface area (Å²) in [5, 5.41) is 11.8. The summed E-state index contributed by atoms with van der Waals surface area (Å²) in [6.45, 7) is 4.56. The van der Waals surface area contributed by atoms with Gasteiger partial charge in [0.15, 0.2) is 5.54 Å². The van der Waals surface area contributed by atoms with E-state index in [9.17, 15) is 4.79 Å². The maximum atomic E-state index is 13.3. The fourth-order valence-corrected chi connectivity index (χ4v) is 3.68. The summed E-state index contributed by atoms with van der Waals surface area (Å²) in [6, 6.07) is 10.7. The highest BCUT2D eigenvalue weighted by molar-refractivity contribution is 6.00. The van der Waals surface area contributed by atoms with Crippen molar-refractivity contribution < 1.29 is 33.6 Å². The lowest BCUT2D eigenvalue weighted by molar-refractivity contribution is -0.126. The molecule has 0 aliphatic carbocycles. The number of ether oxygens (including phenoxy) is 5. The third-order valence-corrected chi connectivity index (χ3v) is 5.58. The van der Waals surface area contributed by atoms with Crippen molar-refractivity contribution in [2.75, 3.05) is 41.2 Å². The Balaban J connectivity index is 1.77. The first-order chi connectivity index (χ1) is 17.0. The first kappa shape index (κ1) is 25.9. The largest absolute Gasteiger partial charge is 0.496 e. The molecule has 0 fully saturated rings. The summed E-state index contributed by atoms with van der Waals surface area (Å²) in [4.78, 5) is 18.0. The van der Waals surface area contributed by atoms with E-state index < -0.39 is 5.54 Å². The summed E-state index contributed by atoms with van der Waals surface area (Å²) in [5.41, 5.74) is 0.273. The van der Waals surface area contributed by atoms with Crippen LogP contribution in [-0.2, 0) is 16.1 Å². The van der Waals surface area contributed by atoms with Gasteiger partial charge in [0, 0.05) is 37.1 Å². The molecule has 9 heteroatoms. The van der Waals surface area contributed by atoms with Gasteiger partial charge in [0.25, 0.3) is 5.91 Å². The molecule has 2 aromatic rings. The third-order valence-electron chi connectivity index (χ3n) is 5.58. The van der Waals surface area contributed by atoms with Crippen molar-refractivity contribution in [1.29, 1.82) is 0 Å². The van der Waals surface area contributed by atoms with Crippen molar-refractivity contribution in [3.63, 3.8) is 0 Å². The standard InChI is InChI=1S/C26H32N2O7/c1-5-11-26(17-35-24(28-26)18-7-9-19(10-8-18)34-13-6-12-29)25(30)27-16-21-22(32-3)14-20(31-2)15-23(21)33-4/h5,7-10,14-15,29H,1,6,11-13,16-17H2,2-4H3,(H,27,30)/t26-/m1/s1. The monoisotopic (exact) mass is 484 g/mol. The van der Waals surface area contributed by atoms with Crippen LogP contribution in [0.15, 0.2) is 54.0 Å². The topological polar surface area (TPSA) is 108 Å². The SMILES string of the molecule is C=CC[C@]1(C(=O)NCc2c(OC)cc(OC)cc2OC)COC(c2ccc(OCCCO)cc2)=N1. The number of carbonyl (C=O) groups excluding carboxylic acids is 1. The molecule has 9 nitrogen and oxygen atoms in total. The molecule has 1 aliphatic rings. The molecule has 1 heterocycles. The van der Waals surface area contributed by atoms with Gasteiger partial charge in [0.2, 0.25) is 5.90 Å². The zero-order valence-electron chi connectivity index (χ0n) is 20.3. The number of hydrogen-bond acceptors (Lipinski definition) is 8. The minimum atomic E-state index is -1.14. The Bertz CT molecular complexity index is 1030. The Kier molecular flexibility index (Phi) is 8.97. The molecular weight excluding hydrogens is 452 g/mol. The van der Waals surface area contributed by atoms with Crippen LogP contribution >= 0.6 is 0 Å². The molecule has 0 spiro atoms. The normalized spacial score (nSPS) is 16.6. The third kappa shape index (κ3) is 6.05. The molecule has 2 N–H and O–H groups in total. The molecule has 0 aromatic heterocycles. The van der Waals surface area contributed by atoms with Gasteiger partial charge in [-0.3, -0.25) is 4.79 Å². The van der Waals surface area contributed by atoms with E-state index in [0.717, 1.165) is 5.56 Å². The van der Waals surface area contributed by atoms with Gasteiger partial charge in [-0.05, 0) is 24.3 Å². The Morgan fingerprint density at radius 3 is 2.40 bits per heavy atom. The lowest BCUT2D eigenvalue weighted by Gasteiger charge is -2.22. The molecule has 3 rings (SSSR count). The van der Waals surface area contributed by atoms with E-state index >= 15 is 0 Å². The second-order valence-corrected chi connectivity index (χ2v) is 7.87. The van der Waals surface area contributed by atoms with Crippen LogP contribution in [0, 0.1) is 0 Å². The van der Waals surface area contributed by atoms with Crippen LogP contribution in [0.25, 0.3) is 0 Å². The van der Waals surface area contributed by atoms with E-state index in [4.69, 9.17) is 28.8 Å². The quantitative estimate of drug-likeness (QED) is 0.332. The molecule has 0 saturated carbocycles. The number of benzene rings is 2. The van der Waals surface area contributed by atoms with E-state index in [-0.39, 0.29) is 25.7 Å². The molecule has 0 unspecified atom stereocenters. The van der Waals surface area contributed by atoms with E-state index in [1.807, 2.05) is 12.1 Å². The smallest absolute Gasteiger partial charge is 0.252 e. The molecule has 188 valence electrons. The van der Waals surface area contributed by atoms with Gasteiger partial charge in [0.1, 0.15) is 29.6 Å². The zero-order chi connectivity index (χ0) is 25.3. The molecular formula is C26H32N2O7. The first-order valence-electron chi connectivity index (χ1n) is 11.2. The van der Waals surface area contributed by atoms with Gasteiger partial charge in [-0.25, -0.2) is 4.99 Å². The summed E-state index contributed by atoms with van der Waals surface area (Å²) in [6.07, 6.45) is 2.52. The molecule has 0 radical (unpaired) electrons. The highest BCUT2D eigenvalue weighted by Crippen LogP contribution is 2.34. The number of nitrogens with zero attached hydrogens (tertiary/aromatic N) is 1. The molecule has 2 aromatic carbocycles. The van der Waals surface area contributed by atoms with E-state index in [1.54, 1.807) is 51.7 Å². The summed E-state index contributed by atoms with van der Waals surface area (Å²) in [5.74, 6) is 2.41. The predicted molar refractivity (Wildman–Crippen MR) is 132 cm³/mol. The molecule has 0 saturated heterocycles. The maximum Gasteiger partial charge on any atom is 0.252 e. The molecule has 0 bridgehead atoms. The van der Waals surface area contributed by atoms with Crippen LogP contribution in [0.4, 0.5) is 0 Å². The van der Waals surface area contributed by atoms with Gasteiger partial charge in [-0.15, -0.1) is 6.58 Å². The number of aliphatic hydroxyl groups is 1. The van der Waals surface area contributed by atoms with Crippen LogP contribution < -0.4 is 24.3 Å². The maximum absolute atomic E-state index is 13.3. The van der Waals surface area contributed by atoms with Crippen molar-refractivity contribution in [2.45, 2.75) is 24.9 Å². The Morgan fingerprint density at radius 2 is 1.83 bits per heavy atom. The van der Waals surface area contributed by atoms with Gasteiger partial charge < -0.3 is 34.1 Å². The summed E-state index contributed by atoms with van der Waals surface area (Å²) >= 11 is 0. The van der Waals surface area contributed by atoms with Gasteiger partial charge in [-0.2, -0.15) is 0 Å². The molecule has 1 amide bonds. The lowest BCUT2D eigenvalue weighted by Crippen LogP contribution is -2.46. The zero-order valence-corrected chi connectivity index (χ0v) is 20.3. The number of rotatable bonds is 13. The van der Waals surface area contributed by atoms with E-state index in [0.29, 0.717) is 53.9 Å². The average Bonchev–Trinajstić information content (AvgIpc) is 3.32. The Morgan fingerprint density at radius 1 is 1.14 bits per heavy atom. The summed E-state index contributed by atoms with van der Waals surface area (Å²) in [7, 11) is 4.65. The van der Waals surface area contributed by atoms with Gasteiger partial charge in [-0.1, -0.05) is 6.08 Å². The van der Waals surface area contributed by atoms with Crippen LogP contribution in [0.5, 0.6) is 23.0 Å². The van der Waals surface area contributed by atoms with Crippen molar-refractivity contribution in [1.82, 2.24) is 5.32 Å². The number of amides is 1. The highest BCUT2D eigenvalue weighted by atomic mass is 16.5.